The predicted octanol–water partition coefficient (Wildman–Crippen LogP) is 3.61. The molecular weight excluding hydrogens is 202 g/mol. The molecule has 0 aromatic carbocycles. The van der Waals surface area contributed by atoms with E-state index in [0.29, 0.717) is 6.04 Å². The summed E-state index contributed by atoms with van der Waals surface area (Å²) in [6.07, 6.45) is 8.15. The second-order valence-electron chi connectivity index (χ2n) is 4.65. The first-order valence-corrected chi connectivity index (χ1v) is 7.27. The molecule has 2 heteroatoms. The van der Waals surface area contributed by atoms with Gasteiger partial charge in [0.25, 0.3) is 0 Å². The molecule has 0 bridgehead atoms. The summed E-state index contributed by atoms with van der Waals surface area (Å²) in [5.41, 5.74) is 1.42. The van der Waals surface area contributed by atoms with E-state index in [1.165, 1.54) is 37.0 Å². The molecule has 1 aliphatic rings. The van der Waals surface area contributed by atoms with Gasteiger partial charge in [-0.25, -0.2) is 0 Å². The van der Waals surface area contributed by atoms with Gasteiger partial charge in [-0.2, -0.15) is 11.8 Å². The summed E-state index contributed by atoms with van der Waals surface area (Å²) >= 11 is 2.17. The van der Waals surface area contributed by atoms with Crippen LogP contribution in [0.2, 0.25) is 0 Å². The molecule has 0 aromatic heterocycles. The average molecular weight is 227 g/mol. The Balaban J connectivity index is 2.26. The van der Waals surface area contributed by atoms with Gasteiger partial charge < -0.3 is 5.32 Å². The average Bonchev–Trinajstić information content (AvgIpc) is 2.66. The maximum atomic E-state index is 3.54. The lowest BCUT2D eigenvalue weighted by molar-refractivity contribution is 0.663. The normalized spacial score (nSPS) is 19.1. The molecule has 1 unspecified atom stereocenters. The molecule has 88 valence electrons. The minimum Gasteiger partial charge on any atom is -0.310 e. The Morgan fingerprint density at radius 2 is 2.07 bits per heavy atom. The third-order valence-corrected chi connectivity index (χ3v) is 4.31. The summed E-state index contributed by atoms with van der Waals surface area (Å²) in [6, 6.07) is 0.575. The van der Waals surface area contributed by atoms with Gasteiger partial charge in [0.05, 0.1) is 0 Å². The fourth-order valence-corrected chi connectivity index (χ4v) is 3.49. The maximum absolute atomic E-state index is 3.54. The number of allylic oxidation sites excluding steroid dienone is 1. The molecule has 0 heterocycles. The minimum atomic E-state index is 0.575. The Hall–Kier alpha value is 0.0500. The van der Waals surface area contributed by atoms with Crippen LogP contribution in [-0.2, 0) is 0 Å². The van der Waals surface area contributed by atoms with Gasteiger partial charge in [-0.15, -0.1) is 0 Å². The minimum absolute atomic E-state index is 0.575. The lowest BCUT2D eigenvalue weighted by atomic mass is 10.2. The van der Waals surface area contributed by atoms with Crippen molar-refractivity contribution in [1.29, 1.82) is 0 Å². The lowest BCUT2D eigenvalue weighted by Crippen LogP contribution is -2.30. The summed E-state index contributed by atoms with van der Waals surface area (Å²) in [5.74, 6) is 1.24. The summed E-state index contributed by atoms with van der Waals surface area (Å²) in [7, 11) is 0. The number of likely N-dealkylation sites (N-methyl/N-ethyl adjacent to an activating group) is 1. The van der Waals surface area contributed by atoms with Crippen LogP contribution in [0.3, 0.4) is 0 Å². The van der Waals surface area contributed by atoms with E-state index in [2.05, 4.69) is 43.9 Å². The van der Waals surface area contributed by atoms with Crippen LogP contribution in [0.15, 0.2) is 11.6 Å². The van der Waals surface area contributed by atoms with Crippen molar-refractivity contribution in [2.45, 2.75) is 57.7 Å². The Kier molecular flexibility index (Phi) is 6.42. The first kappa shape index (κ1) is 13.1. The van der Waals surface area contributed by atoms with Crippen LogP contribution >= 0.6 is 11.8 Å². The topological polar surface area (TPSA) is 12.0 Å². The van der Waals surface area contributed by atoms with Crippen LogP contribution in [0.25, 0.3) is 0 Å². The van der Waals surface area contributed by atoms with Gasteiger partial charge in [-0.3, -0.25) is 0 Å². The van der Waals surface area contributed by atoms with Crippen molar-refractivity contribution >= 4 is 11.8 Å². The van der Waals surface area contributed by atoms with Gasteiger partial charge in [0, 0.05) is 17.0 Å². The van der Waals surface area contributed by atoms with Crippen LogP contribution in [-0.4, -0.2) is 23.6 Å². The molecule has 0 saturated heterocycles. The number of hydrogen-bond donors (Lipinski definition) is 1. The summed E-state index contributed by atoms with van der Waals surface area (Å²) in [6.45, 7) is 7.63. The number of hydrogen-bond acceptors (Lipinski definition) is 2. The zero-order valence-corrected chi connectivity index (χ0v) is 11.2. The van der Waals surface area contributed by atoms with E-state index in [0.717, 1.165) is 11.8 Å². The van der Waals surface area contributed by atoms with E-state index < -0.39 is 0 Å². The third-order valence-electron chi connectivity index (χ3n) is 2.81. The molecule has 0 radical (unpaired) electrons. The number of rotatable bonds is 6. The van der Waals surface area contributed by atoms with Crippen LogP contribution < -0.4 is 5.32 Å². The van der Waals surface area contributed by atoms with Crippen molar-refractivity contribution in [3.8, 4) is 0 Å². The summed E-state index contributed by atoms with van der Waals surface area (Å²) in [4.78, 5) is 0. The van der Waals surface area contributed by atoms with Crippen LogP contribution in [0, 0.1) is 0 Å². The second-order valence-corrected chi connectivity index (χ2v) is 5.98. The largest absolute Gasteiger partial charge is 0.310 e. The molecule has 0 amide bonds. The first-order chi connectivity index (χ1) is 7.22. The van der Waals surface area contributed by atoms with Crippen molar-refractivity contribution in [3.63, 3.8) is 0 Å². The molecule has 1 rings (SSSR count). The molecule has 1 nitrogen and oxygen atoms in total. The van der Waals surface area contributed by atoms with E-state index in [1.807, 2.05) is 0 Å². The fraction of sp³-hybridized carbons (Fsp3) is 0.846. The van der Waals surface area contributed by atoms with Crippen molar-refractivity contribution in [2.75, 3.05) is 12.3 Å². The highest BCUT2D eigenvalue weighted by molar-refractivity contribution is 7.99. The molecule has 0 aliphatic heterocycles. The van der Waals surface area contributed by atoms with E-state index in [-0.39, 0.29) is 0 Å². The molecular formula is C13H25NS. The van der Waals surface area contributed by atoms with Gasteiger partial charge in [-0.05, 0) is 33.2 Å². The van der Waals surface area contributed by atoms with Crippen LogP contribution in [0.1, 0.15) is 46.5 Å². The third kappa shape index (κ3) is 5.62. The standard InChI is InChI=1S/C13H25NS/c1-4-14-12(9-11(2)3)10-15-13-7-5-6-8-13/h9,12-14H,4-8,10H2,1-3H3. The smallest absolute Gasteiger partial charge is 0.0343 e. The highest BCUT2D eigenvalue weighted by atomic mass is 32.2. The fourth-order valence-electron chi connectivity index (χ4n) is 2.13. The Labute approximate surface area is 99.1 Å². The summed E-state index contributed by atoms with van der Waals surface area (Å²) < 4.78 is 0. The van der Waals surface area contributed by atoms with Gasteiger partial charge in [-0.1, -0.05) is 31.4 Å². The van der Waals surface area contributed by atoms with Crippen molar-refractivity contribution in [2.24, 2.45) is 0 Å². The molecule has 1 atom stereocenters. The van der Waals surface area contributed by atoms with Gasteiger partial charge in [0.15, 0.2) is 0 Å². The van der Waals surface area contributed by atoms with E-state index in [9.17, 15) is 0 Å². The first-order valence-electron chi connectivity index (χ1n) is 6.22. The molecule has 1 fully saturated rings. The van der Waals surface area contributed by atoms with E-state index >= 15 is 0 Å². The Morgan fingerprint density at radius 1 is 1.40 bits per heavy atom. The van der Waals surface area contributed by atoms with E-state index in [1.54, 1.807) is 0 Å². The molecule has 15 heavy (non-hydrogen) atoms. The number of nitrogens with one attached hydrogen (secondary N) is 1. The Bertz CT molecular complexity index is 191. The monoisotopic (exact) mass is 227 g/mol. The quantitative estimate of drug-likeness (QED) is 0.696. The molecule has 1 aliphatic carbocycles. The Morgan fingerprint density at radius 3 is 2.60 bits per heavy atom. The lowest BCUT2D eigenvalue weighted by Gasteiger charge is -2.16. The van der Waals surface area contributed by atoms with Crippen molar-refractivity contribution in [1.82, 2.24) is 5.32 Å². The van der Waals surface area contributed by atoms with E-state index in [4.69, 9.17) is 0 Å². The van der Waals surface area contributed by atoms with Gasteiger partial charge in [0.2, 0.25) is 0 Å². The predicted molar refractivity (Wildman–Crippen MR) is 71.6 cm³/mol. The second kappa shape index (κ2) is 7.34. The van der Waals surface area contributed by atoms with Gasteiger partial charge in [0.1, 0.15) is 0 Å². The molecule has 0 aromatic rings. The SMILES string of the molecule is CCNC(C=C(C)C)CSC1CCCC1. The van der Waals surface area contributed by atoms with Crippen LogP contribution in [0.4, 0.5) is 0 Å². The number of thioether (sulfide) groups is 1. The summed E-state index contributed by atoms with van der Waals surface area (Å²) in [5, 5.41) is 4.48. The molecule has 1 N–H and O–H groups in total. The van der Waals surface area contributed by atoms with Crippen molar-refractivity contribution in [3.05, 3.63) is 11.6 Å². The zero-order valence-electron chi connectivity index (χ0n) is 10.4. The molecule has 0 spiro atoms. The highest BCUT2D eigenvalue weighted by Gasteiger charge is 2.16. The maximum Gasteiger partial charge on any atom is 0.0343 e. The highest BCUT2D eigenvalue weighted by Crippen LogP contribution is 2.29. The van der Waals surface area contributed by atoms with Crippen molar-refractivity contribution < 1.29 is 0 Å². The molecule has 1 saturated carbocycles. The van der Waals surface area contributed by atoms with Gasteiger partial charge >= 0.3 is 0 Å². The van der Waals surface area contributed by atoms with Crippen LogP contribution in [0.5, 0.6) is 0 Å². The zero-order chi connectivity index (χ0) is 11.1.